The molecule has 34 heavy (non-hydrogen) atoms. The van der Waals surface area contributed by atoms with Crippen molar-refractivity contribution in [1.29, 1.82) is 0 Å². The summed E-state index contributed by atoms with van der Waals surface area (Å²) in [7, 11) is 1.72. The molecule has 3 aliphatic rings. The van der Waals surface area contributed by atoms with Gasteiger partial charge in [-0.25, -0.2) is 0 Å². The Balaban J connectivity index is 1.95. The molecule has 0 saturated carbocycles. The second kappa shape index (κ2) is 11.5. The Hall–Kier alpha value is -2.19. The summed E-state index contributed by atoms with van der Waals surface area (Å²) in [6.45, 7) is 11.5. The van der Waals surface area contributed by atoms with Crippen LogP contribution in [-0.2, 0) is 19.1 Å². The van der Waals surface area contributed by atoms with Gasteiger partial charge in [-0.3, -0.25) is 14.4 Å². The van der Waals surface area contributed by atoms with E-state index in [2.05, 4.69) is 20.1 Å². The Morgan fingerprint density at radius 3 is 2.56 bits per heavy atom. The zero-order valence-electron chi connectivity index (χ0n) is 20.8. The van der Waals surface area contributed by atoms with Gasteiger partial charge in [0.25, 0.3) is 0 Å². The minimum atomic E-state index is -0.962. The maximum Gasteiger partial charge on any atom is 0.248 e. The average molecular weight is 476 g/mol. The normalized spacial score (nSPS) is 29.3. The smallest absolute Gasteiger partial charge is 0.248 e. The first kappa shape index (κ1) is 26.4. The second-order valence-corrected chi connectivity index (χ2v) is 9.81. The Morgan fingerprint density at radius 1 is 1.18 bits per heavy atom. The quantitative estimate of drug-likeness (QED) is 0.307. The predicted molar refractivity (Wildman–Crippen MR) is 130 cm³/mol. The third-order valence-electron chi connectivity index (χ3n) is 7.60. The van der Waals surface area contributed by atoms with Crippen LogP contribution in [0.15, 0.2) is 25.3 Å². The molecule has 0 aromatic rings. The van der Waals surface area contributed by atoms with Crippen LogP contribution in [0.5, 0.6) is 0 Å². The Labute approximate surface area is 203 Å². The van der Waals surface area contributed by atoms with Crippen LogP contribution >= 0.6 is 0 Å². The van der Waals surface area contributed by atoms with Crippen LogP contribution < -0.4 is 0 Å². The van der Waals surface area contributed by atoms with E-state index >= 15 is 0 Å². The Bertz CT molecular complexity index is 786. The molecule has 0 aromatic heterocycles. The van der Waals surface area contributed by atoms with Crippen LogP contribution in [0.4, 0.5) is 0 Å². The number of fused-ring (bicyclic) bond motifs is 1. The third-order valence-corrected chi connectivity index (χ3v) is 7.60. The van der Waals surface area contributed by atoms with Gasteiger partial charge in [-0.15, -0.1) is 13.2 Å². The van der Waals surface area contributed by atoms with E-state index in [1.165, 1.54) is 0 Å². The standard InChI is InChI=1S/C26H41N3O5/c1-5-8-16-28(15-7-3)25(33)22-26-13-12-19(34-26)20(23(31)27(4)14-6-2)21(26)24(32)29(22)17-10-9-11-18-30/h6-7,19-22,30H,2-3,5,8-18H2,1,4H3/t19-,20+,21+,22?,26?/m1/s1. The average Bonchev–Trinajstić information content (AvgIpc) is 3.46. The molecule has 3 heterocycles. The van der Waals surface area contributed by atoms with Crippen molar-refractivity contribution in [2.24, 2.45) is 11.8 Å². The minimum Gasteiger partial charge on any atom is -0.396 e. The first-order chi connectivity index (χ1) is 16.4. The van der Waals surface area contributed by atoms with Crippen molar-refractivity contribution in [3.05, 3.63) is 25.3 Å². The maximum absolute atomic E-state index is 14.0. The van der Waals surface area contributed by atoms with Crippen LogP contribution in [0.1, 0.15) is 51.9 Å². The van der Waals surface area contributed by atoms with Gasteiger partial charge in [-0.1, -0.05) is 25.5 Å². The summed E-state index contributed by atoms with van der Waals surface area (Å²) in [5, 5.41) is 9.15. The molecule has 1 N–H and O–H groups in total. The van der Waals surface area contributed by atoms with Crippen molar-refractivity contribution in [3.63, 3.8) is 0 Å². The number of likely N-dealkylation sites (N-methyl/N-ethyl adjacent to an activating group) is 1. The van der Waals surface area contributed by atoms with Crippen LogP contribution in [0.2, 0.25) is 0 Å². The molecule has 190 valence electrons. The number of amides is 3. The van der Waals surface area contributed by atoms with Crippen molar-refractivity contribution in [2.45, 2.75) is 69.6 Å². The van der Waals surface area contributed by atoms with Crippen LogP contribution in [0.25, 0.3) is 0 Å². The number of carbonyl (C=O) groups excluding carboxylic acids is 3. The van der Waals surface area contributed by atoms with Crippen molar-refractivity contribution in [1.82, 2.24) is 14.7 Å². The molecule has 2 unspecified atom stereocenters. The molecule has 3 amide bonds. The Morgan fingerprint density at radius 2 is 1.91 bits per heavy atom. The highest BCUT2D eigenvalue weighted by Gasteiger charge is 2.74. The molecule has 2 bridgehead atoms. The highest BCUT2D eigenvalue weighted by molar-refractivity contribution is 5.99. The third kappa shape index (κ3) is 4.67. The highest BCUT2D eigenvalue weighted by Crippen LogP contribution is 2.58. The molecule has 0 aromatic carbocycles. The van der Waals surface area contributed by atoms with E-state index in [1.54, 1.807) is 33.9 Å². The van der Waals surface area contributed by atoms with E-state index in [0.717, 1.165) is 19.3 Å². The topological polar surface area (TPSA) is 90.4 Å². The highest BCUT2D eigenvalue weighted by atomic mass is 16.5. The number of unbranched alkanes of at least 4 members (excludes halogenated alkanes) is 3. The predicted octanol–water partition coefficient (Wildman–Crippen LogP) is 1.98. The second-order valence-electron chi connectivity index (χ2n) is 9.81. The van der Waals surface area contributed by atoms with E-state index in [0.29, 0.717) is 51.9 Å². The summed E-state index contributed by atoms with van der Waals surface area (Å²) in [5.74, 6) is -1.60. The maximum atomic E-state index is 14.0. The van der Waals surface area contributed by atoms with E-state index in [9.17, 15) is 14.4 Å². The van der Waals surface area contributed by atoms with E-state index < -0.39 is 23.5 Å². The summed E-state index contributed by atoms with van der Waals surface area (Å²) in [6.07, 6.45) is 8.23. The lowest BCUT2D eigenvalue weighted by Crippen LogP contribution is -2.56. The number of aliphatic hydroxyl groups is 1. The fourth-order valence-corrected chi connectivity index (χ4v) is 6.03. The van der Waals surface area contributed by atoms with Crippen LogP contribution in [-0.4, -0.2) is 95.1 Å². The minimum absolute atomic E-state index is 0.101. The van der Waals surface area contributed by atoms with Crippen molar-refractivity contribution in [2.75, 3.05) is 39.8 Å². The number of likely N-dealkylation sites (tertiary alicyclic amines) is 1. The van der Waals surface area contributed by atoms with Gasteiger partial charge in [0.1, 0.15) is 11.6 Å². The molecule has 1 spiro atoms. The van der Waals surface area contributed by atoms with E-state index in [1.807, 2.05) is 0 Å². The summed E-state index contributed by atoms with van der Waals surface area (Å²) in [6, 6.07) is -0.733. The molecule has 0 aliphatic carbocycles. The van der Waals surface area contributed by atoms with Gasteiger partial charge in [0.05, 0.1) is 17.9 Å². The zero-order valence-corrected chi connectivity index (χ0v) is 20.8. The summed E-state index contributed by atoms with van der Waals surface area (Å²) < 4.78 is 6.49. The monoisotopic (exact) mass is 475 g/mol. The number of rotatable bonds is 14. The molecule has 3 saturated heterocycles. The lowest BCUT2D eigenvalue weighted by atomic mass is 9.70. The van der Waals surface area contributed by atoms with Gasteiger partial charge in [0.2, 0.25) is 17.7 Å². The molecule has 8 heteroatoms. The fourth-order valence-electron chi connectivity index (χ4n) is 6.03. The van der Waals surface area contributed by atoms with Gasteiger partial charge in [0, 0.05) is 39.8 Å². The van der Waals surface area contributed by atoms with Crippen molar-refractivity contribution >= 4 is 17.7 Å². The lowest BCUT2D eigenvalue weighted by molar-refractivity contribution is -0.148. The first-order valence-corrected chi connectivity index (χ1v) is 12.7. The van der Waals surface area contributed by atoms with Gasteiger partial charge in [0.15, 0.2) is 0 Å². The van der Waals surface area contributed by atoms with Gasteiger partial charge < -0.3 is 24.5 Å². The summed E-state index contributed by atoms with van der Waals surface area (Å²) in [4.78, 5) is 46.2. The number of ether oxygens (including phenoxy) is 1. The van der Waals surface area contributed by atoms with Gasteiger partial charge in [-0.2, -0.15) is 0 Å². The van der Waals surface area contributed by atoms with E-state index in [-0.39, 0.29) is 30.4 Å². The Kier molecular flexibility index (Phi) is 8.93. The first-order valence-electron chi connectivity index (χ1n) is 12.7. The summed E-state index contributed by atoms with van der Waals surface area (Å²) >= 11 is 0. The molecular formula is C26H41N3O5. The number of nitrogens with zero attached hydrogens (tertiary/aromatic N) is 3. The molecular weight excluding hydrogens is 434 g/mol. The molecule has 5 atom stereocenters. The number of carbonyl (C=O) groups is 3. The zero-order chi connectivity index (χ0) is 24.9. The molecule has 0 radical (unpaired) electrons. The van der Waals surface area contributed by atoms with Crippen LogP contribution in [0.3, 0.4) is 0 Å². The van der Waals surface area contributed by atoms with Crippen molar-refractivity contribution in [3.8, 4) is 0 Å². The molecule has 8 nitrogen and oxygen atoms in total. The fraction of sp³-hybridized carbons (Fsp3) is 0.731. The van der Waals surface area contributed by atoms with Gasteiger partial charge in [-0.05, 0) is 38.5 Å². The van der Waals surface area contributed by atoms with Gasteiger partial charge >= 0.3 is 0 Å². The SMILES string of the molecule is C=CCN(C)C(=O)[C@@H]1[C@H]2C(=O)N(CCCCCO)C(C(=O)N(CC=C)CCCC)C23CC[C@H]1O3. The van der Waals surface area contributed by atoms with Crippen LogP contribution in [0, 0.1) is 11.8 Å². The van der Waals surface area contributed by atoms with Crippen molar-refractivity contribution < 1.29 is 24.2 Å². The molecule has 3 aliphatic heterocycles. The number of hydrogen-bond acceptors (Lipinski definition) is 5. The molecule has 3 rings (SSSR count). The largest absolute Gasteiger partial charge is 0.396 e. The molecule has 3 fully saturated rings. The number of aliphatic hydroxyl groups excluding tert-OH is 1. The van der Waals surface area contributed by atoms with E-state index in [4.69, 9.17) is 9.84 Å². The lowest BCUT2D eigenvalue weighted by Gasteiger charge is -2.37. The summed E-state index contributed by atoms with van der Waals surface area (Å²) in [5.41, 5.74) is -0.962. The number of hydrogen-bond donors (Lipinski definition) is 1.